The average Bonchev–Trinajstić information content (AvgIpc) is 3.49. The van der Waals surface area contributed by atoms with Gasteiger partial charge in [-0.15, -0.1) is 0 Å². The van der Waals surface area contributed by atoms with Crippen LogP contribution in [0.15, 0.2) is 30.5 Å². The van der Waals surface area contributed by atoms with Crippen molar-refractivity contribution in [1.82, 2.24) is 19.6 Å². The van der Waals surface area contributed by atoms with E-state index in [2.05, 4.69) is 70.9 Å². The maximum absolute atomic E-state index is 4.63. The highest BCUT2D eigenvalue weighted by molar-refractivity contribution is 5.24. The maximum atomic E-state index is 4.63. The van der Waals surface area contributed by atoms with Gasteiger partial charge in [-0.2, -0.15) is 5.10 Å². The van der Waals surface area contributed by atoms with E-state index in [-0.39, 0.29) is 0 Å². The first-order valence-electron chi connectivity index (χ1n) is 11.1. The average molecular weight is 381 g/mol. The van der Waals surface area contributed by atoms with Gasteiger partial charge in [-0.25, -0.2) is 0 Å². The number of benzene rings is 1. The van der Waals surface area contributed by atoms with Gasteiger partial charge >= 0.3 is 0 Å². The van der Waals surface area contributed by atoms with E-state index in [4.69, 9.17) is 0 Å². The highest BCUT2D eigenvalue weighted by atomic mass is 15.3. The van der Waals surface area contributed by atoms with Crippen LogP contribution in [-0.4, -0.2) is 45.8 Å². The number of hydrogen-bond donors (Lipinski definition) is 0. The highest BCUT2D eigenvalue weighted by Crippen LogP contribution is 2.30. The maximum Gasteiger partial charge on any atom is 0.0638 e. The smallest absolute Gasteiger partial charge is 0.0638 e. The second kappa shape index (κ2) is 8.79. The van der Waals surface area contributed by atoms with Crippen LogP contribution in [-0.2, 0) is 26.1 Å². The van der Waals surface area contributed by atoms with Gasteiger partial charge in [0.1, 0.15) is 0 Å². The molecule has 1 saturated carbocycles. The number of hydrogen-bond acceptors (Lipinski definition) is 3. The third kappa shape index (κ3) is 5.03. The Hall–Kier alpha value is -1.65. The molecule has 0 N–H and O–H groups in total. The Kier molecular flexibility index (Phi) is 6.17. The van der Waals surface area contributed by atoms with Crippen LogP contribution in [0.5, 0.6) is 0 Å². The molecule has 2 heterocycles. The lowest BCUT2D eigenvalue weighted by Gasteiger charge is -2.29. The molecule has 1 saturated heterocycles. The van der Waals surface area contributed by atoms with Gasteiger partial charge < -0.3 is 4.90 Å². The second-order valence-corrected chi connectivity index (χ2v) is 9.00. The molecule has 4 heteroatoms. The normalized spacial score (nSPS) is 18.9. The molecule has 0 bridgehead atoms. The van der Waals surface area contributed by atoms with Crippen LogP contribution in [0.25, 0.3) is 0 Å². The molecule has 2 aliphatic rings. The van der Waals surface area contributed by atoms with Gasteiger partial charge in [0.05, 0.1) is 5.69 Å². The van der Waals surface area contributed by atoms with Gasteiger partial charge in [0.15, 0.2) is 0 Å². The fourth-order valence-electron chi connectivity index (χ4n) is 4.46. The summed E-state index contributed by atoms with van der Waals surface area (Å²) in [6.07, 6.45) is 8.85. The van der Waals surface area contributed by atoms with E-state index in [9.17, 15) is 0 Å². The Morgan fingerprint density at radius 3 is 2.29 bits per heavy atom. The summed E-state index contributed by atoms with van der Waals surface area (Å²) in [4.78, 5) is 5.11. The molecule has 0 atom stereocenters. The third-order valence-corrected chi connectivity index (χ3v) is 6.58. The summed E-state index contributed by atoms with van der Waals surface area (Å²) in [5, 5.41) is 4.63. The van der Waals surface area contributed by atoms with Crippen molar-refractivity contribution in [2.75, 3.05) is 20.1 Å². The van der Waals surface area contributed by atoms with Crippen molar-refractivity contribution >= 4 is 0 Å². The Bertz CT molecular complexity index is 751. The lowest BCUT2D eigenvalue weighted by molar-refractivity contribution is 0.219. The van der Waals surface area contributed by atoms with Gasteiger partial charge in [-0.1, -0.05) is 24.3 Å². The molecule has 0 radical (unpaired) electrons. The van der Waals surface area contributed by atoms with Crippen LogP contribution in [0.4, 0.5) is 0 Å². The number of aryl methyl sites for hydroxylation is 2. The van der Waals surface area contributed by atoms with E-state index in [0.29, 0.717) is 0 Å². The molecular weight excluding hydrogens is 344 g/mol. The minimum Gasteiger partial charge on any atom is -0.306 e. The predicted molar refractivity (Wildman–Crippen MR) is 115 cm³/mol. The summed E-state index contributed by atoms with van der Waals surface area (Å²) < 4.78 is 2.06. The van der Waals surface area contributed by atoms with Gasteiger partial charge in [0, 0.05) is 37.4 Å². The highest BCUT2D eigenvalue weighted by Gasteiger charge is 2.29. The number of piperidine rings is 1. The summed E-state index contributed by atoms with van der Waals surface area (Å²) in [7, 11) is 2.24. The van der Waals surface area contributed by atoms with Crippen LogP contribution in [0.3, 0.4) is 0 Å². The lowest BCUT2D eigenvalue weighted by Crippen LogP contribution is -2.30. The van der Waals surface area contributed by atoms with E-state index in [1.165, 1.54) is 67.6 Å². The van der Waals surface area contributed by atoms with Crippen molar-refractivity contribution in [1.29, 1.82) is 0 Å². The van der Waals surface area contributed by atoms with Gasteiger partial charge in [0.25, 0.3) is 0 Å². The number of nitrogens with zero attached hydrogens (tertiary/aromatic N) is 4. The zero-order chi connectivity index (χ0) is 19.5. The van der Waals surface area contributed by atoms with Crippen LogP contribution in [0, 0.1) is 12.8 Å². The van der Waals surface area contributed by atoms with E-state index in [0.717, 1.165) is 31.6 Å². The van der Waals surface area contributed by atoms with Crippen LogP contribution in [0.1, 0.15) is 55.0 Å². The minimum atomic E-state index is 0.753. The molecule has 1 aromatic carbocycles. The Morgan fingerprint density at radius 1 is 1.00 bits per heavy atom. The van der Waals surface area contributed by atoms with Crippen molar-refractivity contribution in [3.05, 3.63) is 52.8 Å². The van der Waals surface area contributed by atoms with Gasteiger partial charge in [-0.3, -0.25) is 9.58 Å². The molecule has 4 rings (SSSR count). The molecular formula is C24H36N4. The van der Waals surface area contributed by atoms with Crippen molar-refractivity contribution in [2.24, 2.45) is 5.92 Å². The Balaban J connectivity index is 1.35. The minimum absolute atomic E-state index is 0.753. The molecule has 0 spiro atoms. The fourth-order valence-corrected chi connectivity index (χ4v) is 4.46. The van der Waals surface area contributed by atoms with E-state index >= 15 is 0 Å². The largest absolute Gasteiger partial charge is 0.306 e. The topological polar surface area (TPSA) is 24.3 Å². The van der Waals surface area contributed by atoms with Crippen LogP contribution >= 0.6 is 0 Å². The molecule has 28 heavy (non-hydrogen) atoms. The molecule has 152 valence electrons. The van der Waals surface area contributed by atoms with Crippen molar-refractivity contribution in [2.45, 2.75) is 71.6 Å². The molecule has 2 fully saturated rings. The van der Waals surface area contributed by atoms with Crippen molar-refractivity contribution < 1.29 is 0 Å². The van der Waals surface area contributed by atoms with Crippen LogP contribution < -0.4 is 0 Å². The monoisotopic (exact) mass is 380 g/mol. The first-order valence-corrected chi connectivity index (χ1v) is 11.1. The zero-order valence-corrected chi connectivity index (χ0v) is 17.9. The fraction of sp³-hybridized carbons (Fsp3) is 0.625. The third-order valence-electron chi connectivity index (χ3n) is 6.58. The zero-order valence-electron chi connectivity index (χ0n) is 17.9. The predicted octanol–water partition coefficient (Wildman–Crippen LogP) is 4.26. The van der Waals surface area contributed by atoms with E-state index in [1.807, 2.05) is 0 Å². The quantitative estimate of drug-likeness (QED) is 0.684. The van der Waals surface area contributed by atoms with E-state index < -0.39 is 0 Å². The van der Waals surface area contributed by atoms with Crippen molar-refractivity contribution in [3.63, 3.8) is 0 Å². The molecule has 0 amide bonds. The second-order valence-electron chi connectivity index (χ2n) is 9.00. The molecule has 1 aromatic heterocycles. The number of aromatic nitrogens is 2. The number of likely N-dealkylation sites (tertiary alicyclic amines) is 1. The molecule has 0 unspecified atom stereocenters. The van der Waals surface area contributed by atoms with Gasteiger partial charge in [-0.05, 0) is 83.1 Å². The molecule has 4 nitrogen and oxygen atoms in total. The first kappa shape index (κ1) is 19.7. The Morgan fingerprint density at radius 2 is 1.68 bits per heavy atom. The number of rotatable bonds is 8. The van der Waals surface area contributed by atoms with E-state index in [1.54, 1.807) is 0 Å². The summed E-state index contributed by atoms with van der Waals surface area (Å²) in [5.74, 6) is 0.864. The molecule has 1 aliphatic carbocycles. The first-order chi connectivity index (χ1) is 13.6. The molecule has 2 aromatic rings. The lowest BCUT2D eigenvalue weighted by atomic mass is 9.90. The van der Waals surface area contributed by atoms with Crippen molar-refractivity contribution in [3.8, 4) is 0 Å². The standard InChI is InChI=1S/C24H36N4/c1-4-28-18-23(19(2)25-28)17-27(24-9-10-24)16-22-7-5-20(6-8-22)15-21-11-13-26(3)14-12-21/h5-8,18,21,24H,4,9-17H2,1-3H3. The summed E-state index contributed by atoms with van der Waals surface area (Å²) >= 11 is 0. The summed E-state index contributed by atoms with van der Waals surface area (Å²) in [6.45, 7) is 9.83. The van der Waals surface area contributed by atoms with Crippen LogP contribution in [0.2, 0.25) is 0 Å². The summed E-state index contributed by atoms with van der Waals surface area (Å²) in [5.41, 5.74) is 5.52. The Labute approximate surface area is 170 Å². The summed E-state index contributed by atoms with van der Waals surface area (Å²) in [6, 6.07) is 10.2. The molecule has 1 aliphatic heterocycles. The van der Waals surface area contributed by atoms with Gasteiger partial charge in [0.2, 0.25) is 0 Å². The SMILES string of the molecule is CCn1cc(CN(Cc2ccc(CC3CCN(C)CC3)cc2)C2CC2)c(C)n1.